The minimum absolute atomic E-state index is 0.566. The van der Waals surface area contributed by atoms with Crippen LogP contribution in [0.1, 0.15) is 38.7 Å². The number of nitriles is 1. The van der Waals surface area contributed by atoms with Gasteiger partial charge >= 0.3 is 0 Å². The summed E-state index contributed by atoms with van der Waals surface area (Å²) in [7, 11) is 0. The summed E-state index contributed by atoms with van der Waals surface area (Å²) in [4.78, 5) is 0. The molecule has 0 saturated heterocycles. The summed E-state index contributed by atoms with van der Waals surface area (Å²) in [6.07, 6.45) is 3.99. The van der Waals surface area contributed by atoms with Crippen molar-refractivity contribution in [3.05, 3.63) is 29.8 Å². The molecule has 0 amide bonds. The topological polar surface area (TPSA) is 35.8 Å². The van der Waals surface area contributed by atoms with Crippen LogP contribution in [0.15, 0.2) is 24.3 Å². The smallest absolute Gasteiger partial charge is 0.0991 e. The molecule has 0 spiro atoms. The molecule has 0 bridgehead atoms. The molecule has 1 aliphatic carbocycles. The van der Waals surface area contributed by atoms with Gasteiger partial charge < -0.3 is 5.32 Å². The van der Waals surface area contributed by atoms with E-state index in [9.17, 15) is 0 Å². The van der Waals surface area contributed by atoms with Gasteiger partial charge in [0.1, 0.15) is 0 Å². The Morgan fingerprint density at radius 1 is 1.12 bits per heavy atom. The fourth-order valence-electron chi connectivity index (χ4n) is 2.80. The first-order valence-electron chi connectivity index (χ1n) is 6.47. The molecule has 1 saturated carbocycles. The highest BCUT2D eigenvalue weighted by atomic mass is 14.9. The first-order chi connectivity index (χ1) is 8.20. The van der Waals surface area contributed by atoms with Crippen LogP contribution in [0, 0.1) is 23.2 Å². The van der Waals surface area contributed by atoms with Gasteiger partial charge in [-0.05, 0) is 48.9 Å². The minimum atomic E-state index is 0.566. The first kappa shape index (κ1) is 12.0. The van der Waals surface area contributed by atoms with E-state index in [0.717, 1.165) is 23.1 Å². The highest BCUT2D eigenvalue weighted by Gasteiger charge is 2.27. The molecular formula is C15H20N2. The van der Waals surface area contributed by atoms with Crippen LogP contribution in [0.5, 0.6) is 0 Å². The Morgan fingerprint density at radius 2 is 1.71 bits per heavy atom. The number of rotatable bonds is 2. The van der Waals surface area contributed by atoms with Crippen LogP contribution in [0.4, 0.5) is 5.69 Å². The van der Waals surface area contributed by atoms with E-state index in [4.69, 9.17) is 5.26 Å². The van der Waals surface area contributed by atoms with Gasteiger partial charge in [-0.25, -0.2) is 0 Å². The van der Waals surface area contributed by atoms with E-state index in [0.29, 0.717) is 6.04 Å². The van der Waals surface area contributed by atoms with Gasteiger partial charge in [0, 0.05) is 11.7 Å². The van der Waals surface area contributed by atoms with E-state index in [1.165, 1.54) is 19.3 Å². The van der Waals surface area contributed by atoms with Crippen molar-refractivity contribution in [3.8, 4) is 6.07 Å². The lowest BCUT2D eigenvalue weighted by atomic mass is 9.78. The molecule has 1 fully saturated rings. The van der Waals surface area contributed by atoms with Crippen molar-refractivity contribution in [2.45, 2.75) is 39.2 Å². The molecule has 1 aliphatic rings. The van der Waals surface area contributed by atoms with Crippen molar-refractivity contribution >= 4 is 5.69 Å². The molecule has 1 aromatic rings. The third kappa shape index (κ3) is 2.79. The predicted molar refractivity (Wildman–Crippen MR) is 70.7 cm³/mol. The molecule has 2 unspecified atom stereocenters. The maximum Gasteiger partial charge on any atom is 0.0991 e. The molecule has 17 heavy (non-hydrogen) atoms. The Kier molecular flexibility index (Phi) is 3.68. The number of benzene rings is 1. The summed E-state index contributed by atoms with van der Waals surface area (Å²) in [6, 6.07) is 10.5. The number of hydrogen-bond acceptors (Lipinski definition) is 2. The third-order valence-electron chi connectivity index (χ3n) is 3.89. The highest BCUT2D eigenvalue weighted by molar-refractivity contribution is 5.48. The zero-order valence-electron chi connectivity index (χ0n) is 10.6. The number of nitrogens with zero attached hydrogens (tertiary/aromatic N) is 1. The largest absolute Gasteiger partial charge is 0.382 e. The van der Waals surface area contributed by atoms with Crippen LogP contribution in [-0.2, 0) is 0 Å². The Labute approximate surface area is 104 Å². The van der Waals surface area contributed by atoms with Gasteiger partial charge in [-0.3, -0.25) is 0 Å². The predicted octanol–water partition coefficient (Wildman–Crippen LogP) is 3.79. The molecule has 1 N–H and O–H groups in total. The SMILES string of the molecule is CC1CCCC(C)C1Nc1ccc(C#N)cc1. The standard InChI is InChI=1S/C15H20N2/c1-11-4-3-5-12(2)15(11)17-14-8-6-13(10-16)7-9-14/h6-9,11-12,15,17H,3-5H2,1-2H3. The fraction of sp³-hybridized carbons (Fsp3) is 0.533. The van der Waals surface area contributed by atoms with E-state index in [1.807, 2.05) is 24.3 Å². The molecular weight excluding hydrogens is 208 g/mol. The summed E-state index contributed by atoms with van der Waals surface area (Å²) >= 11 is 0. The normalized spacial score (nSPS) is 28.4. The lowest BCUT2D eigenvalue weighted by molar-refractivity contribution is 0.268. The Morgan fingerprint density at radius 3 is 2.24 bits per heavy atom. The number of anilines is 1. The fourth-order valence-corrected chi connectivity index (χ4v) is 2.80. The lowest BCUT2D eigenvalue weighted by Crippen LogP contribution is -2.36. The number of nitrogens with one attached hydrogen (secondary N) is 1. The second kappa shape index (κ2) is 5.23. The van der Waals surface area contributed by atoms with Gasteiger partial charge in [0.25, 0.3) is 0 Å². The van der Waals surface area contributed by atoms with E-state index in [-0.39, 0.29) is 0 Å². The maximum atomic E-state index is 8.76. The monoisotopic (exact) mass is 228 g/mol. The Bertz CT molecular complexity index is 392. The lowest BCUT2D eigenvalue weighted by Gasteiger charge is -2.35. The van der Waals surface area contributed by atoms with Crippen LogP contribution < -0.4 is 5.32 Å². The molecule has 0 aromatic heterocycles. The van der Waals surface area contributed by atoms with E-state index in [2.05, 4.69) is 25.2 Å². The van der Waals surface area contributed by atoms with Crippen LogP contribution in [0.2, 0.25) is 0 Å². The van der Waals surface area contributed by atoms with Crippen molar-refractivity contribution in [1.82, 2.24) is 0 Å². The van der Waals surface area contributed by atoms with E-state index < -0.39 is 0 Å². The average molecular weight is 228 g/mol. The van der Waals surface area contributed by atoms with E-state index in [1.54, 1.807) is 0 Å². The maximum absolute atomic E-state index is 8.76. The number of hydrogen-bond donors (Lipinski definition) is 1. The molecule has 1 aromatic carbocycles. The van der Waals surface area contributed by atoms with Crippen LogP contribution in [0.3, 0.4) is 0 Å². The molecule has 90 valence electrons. The van der Waals surface area contributed by atoms with Crippen molar-refractivity contribution in [3.63, 3.8) is 0 Å². The second-order valence-corrected chi connectivity index (χ2v) is 5.24. The van der Waals surface area contributed by atoms with Crippen molar-refractivity contribution in [2.75, 3.05) is 5.32 Å². The first-order valence-corrected chi connectivity index (χ1v) is 6.47. The van der Waals surface area contributed by atoms with Gasteiger partial charge in [-0.15, -0.1) is 0 Å². The van der Waals surface area contributed by atoms with E-state index >= 15 is 0 Å². The Balaban J connectivity index is 2.06. The molecule has 2 nitrogen and oxygen atoms in total. The summed E-state index contributed by atoms with van der Waals surface area (Å²) in [5.74, 6) is 1.46. The molecule has 0 aliphatic heterocycles. The third-order valence-corrected chi connectivity index (χ3v) is 3.89. The van der Waals surface area contributed by atoms with Crippen LogP contribution in [-0.4, -0.2) is 6.04 Å². The molecule has 2 heteroatoms. The van der Waals surface area contributed by atoms with Gasteiger partial charge in [0.2, 0.25) is 0 Å². The van der Waals surface area contributed by atoms with Gasteiger partial charge in [0.15, 0.2) is 0 Å². The van der Waals surface area contributed by atoms with Crippen LogP contribution in [0.25, 0.3) is 0 Å². The summed E-state index contributed by atoms with van der Waals surface area (Å²) in [5.41, 5.74) is 1.86. The second-order valence-electron chi connectivity index (χ2n) is 5.24. The van der Waals surface area contributed by atoms with Crippen LogP contribution >= 0.6 is 0 Å². The summed E-state index contributed by atoms with van der Waals surface area (Å²) in [6.45, 7) is 4.66. The van der Waals surface area contributed by atoms with Crippen molar-refractivity contribution < 1.29 is 0 Å². The van der Waals surface area contributed by atoms with Crippen molar-refractivity contribution in [2.24, 2.45) is 11.8 Å². The van der Waals surface area contributed by atoms with Gasteiger partial charge in [0.05, 0.1) is 11.6 Å². The summed E-state index contributed by atoms with van der Waals surface area (Å²) in [5, 5.41) is 12.4. The zero-order chi connectivity index (χ0) is 12.3. The minimum Gasteiger partial charge on any atom is -0.382 e. The Hall–Kier alpha value is -1.49. The molecule has 0 heterocycles. The molecule has 2 atom stereocenters. The highest BCUT2D eigenvalue weighted by Crippen LogP contribution is 2.31. The van der Waals surface area contributed by atoms with Gasteiger partial charge in [-0.1, -0.05) is 20.3 Å². The molecule has 2 rings (SSSR count). The zero-order valence-corrected chi connectivity index (χ0v) is 10.6. The summed E-state index contributed by atoms with van der Waals surface area (Å²) < 4.78 is 0. The molecule has 0 radical (unpaired) electrons. The van der Waals surface area contributed by atoms with Crippen molar-refractivity contribution in [1.29, 1.82) is 5.26 Å². The quantitative estimate of drug-likeness (QED) is 0.835. The average Bonchev–Trinajstić information content (AvgIpc) is 2.35. The van der Waals surface area contributed by atoms with Gasteiger partial charge in [-0.2, -0.15) is 5.26 Å².